The van der Waals surface area contributed by atoms with Crippen LogP contribution in [0.2, 0.25) is 5.02 Å². The van der Waals surface area contributed by atoms with E-state index in [2.05, 4.69) is 15.6 Å². The van der Waals surface area contributed by atoms with Gasteiger partial charge in [0.25, 0.3) is 5.91 Å². The second-order valence-electron chi connectivity index (χ2n) is 5.49. The maximum atomic E-state index is 13.6. The Bertz CT molecular complexity index is 950. The molecule has 26 heavy (non-hydrogen) atoms. The molecule has 0 spiro atoms. The second-order valence-corrected chi connectivity index (χ2v) is 5.90. The van der Waals surface area contributed by atoms with Gasteiger partial charge in [-0.2, -0.15) is 0 Å². The van der Waals surface area contributed by atoms with Crippen molar-refractivity contribution in [2.24, 2.45) is 0 Å². The van der Waals surface area contributed by atoms with Gasteiger partial charge in [0, 0.05) is 30.2 Å². The van der Waals surface area contributed by atoms with E-state index in [4.69, 9.17) is 11.6 Å². The van der Waals surface area contributed by atoms with Gasteiger partial charge in [-0.05, 0) is 30.3 Å². The van der Waals surface area contributed by atoms with Crippen molar-refractivity contribution in [3.8, 4) is 0 Å². The highest BCUT2D eigenvalue weighted by atomic mass is 35.5. The Labute approximate surface area is 153 Å². The number of pyridine rings is 1. The first-order chi connectivity index (χ1) is 12.5. The maximum absolute atomic E-state index is 13.6. The van der Waals surface area contributed by atoms with E-state index in [1.807, 2.05) is 0 Å². The Morgan fingerprint density at radius 1 is 1.00 bits per heavy atom. The lowest BCUT2D eigenvalue weighted by Gasteiger charge is -2.09. The van der Waals surface area contributed by atoms with E-state index in [0.717, 1.165) is 0 Å². The fourth-order valence-corrected chi connectivity index (χ4v) is 2.46. The molecular formula is C19H14ClF2N3O. The van der Waals surface area contributed by atoms with Gasteiger partial charge in [0.05, 0.1) is 16.3 Å². The van der Waals surface area contributed by atoms with Crippen LogP contribution in [0.3, 0.4) is 0 Å². The zero-order valence-corrected chi connectivity index (χ0v) is 14.2. The molecular weight excluding hydrogens is 360 g/mol. The molecule has 0 fully saturated rings. The number of hydrogen-bond acceptors (Lipinski definition) is 3. The lowest BCUT2D eigenvalue weighted by Crippen LogP contribution is -2.13. The van der Waals surface area contributed by atoms with Gasteiger partial charge in [-0.1, -0.05) is 29.8 Å². The molecule has 3 aromatic rings. The molecule has 1 heterocycles. The van der Waals surface area contributed by atoms with Crippen molar-refractivity contribution in [3.05, 3.63) is 88.7 Å². The van der Waals surface area contributed by atoms with Crippen LogP contribution in [-0.4, -0.2) is 10.9 Å². The van der Waals surface area contributed by atoms with Crippen molar-refractivity contribution < 1.29 is 13.6 Å². The van der Waals surface area contributed by atoms with Gasteiger partial charge in [-0.15, -0.1) is 0 Å². The Morgan fingerprint density at radius 3 is 2.58 bits per heavy atom. The molecule has 0 bridgehead atoms. The average molecular weight is 374 g/mol. The summed E-state index contributed by atoms with van der Waals surface area (Å²) < 4.78 is 26.8. The van der Waals surface area contributed by atoms with Crippen molar-refractivity contribution in [1.82, 2.24) is 4.98 Å². The predicted molar refractivity (Wildman–Crippen MR) is 97.3 cm³/mol. The summed E-state index contributed by atoms with van der Waals surface area (Å²) in [6.07, 6.45) is 2.93. The zero-order chi connectivity index (χ0) is 18.5. The molecule has 0 atom stereocenters. The molecule has 0 saturated carbocycles. The molecule has 0 aliphatic rings. The van der Waals surface area contributed by atoms with E-state index in [1.165, 1.54) is 36.7 Å². The number of anilines is 2. The standard InChI is InChI=1S/C19H14ClF2N3O/c20-16-8-14(5-6-18(16)22)25-19(26)13-7-15(11-23-9-13)24-10-12-3-1-2-4-17(12)21/h1-9,11,24H,10H2,(H,25,26). The summed E-state index contributed by atoms with van der Waals surface area (Å²) in [6.45, 7) is 0.257. The number of amides is 1. The van der Waals surface area contributed by atoms with Gasteiger partial charge in [0.1, 0.15) is 11.6 Å². The van der Waals surface area contributed by atoms with Crippen LogP contribution in [-0.2, 0) is 6.54 Å². The summed E-state index contributed by atoms with van der Waals surface area (Å²) in [7, 11) is 0. The van der Waals surface area contributed by atoms with E-state index in [1.54, 1.807) is 24.3 Å². The minimum Gasteiger partial charge on any atom is -0.380 e. The van der Waals surface area contributed by atoms with Crippen LogP contribution in [0, 0.1) is 11.6 Å². The molecule has 0 unspecified atom stereocenters. The maximum Gasteiger partial charge on any atom is 0.257 e. The van der Waals surface area contributed by atoms with Gasteiger partial charge < -0.3 is 10.6 Å². The van der Waals surface area contributed by atoms with E-state index in [0.29, 0.717) is 22.5 Å². The van der Waals surface area contributed by atoms with Crippen molar-refractivity contribution in [2.45, 2.75) is 6.54 Å². The smallest absolute Gasteiger partial charge is 0.257 e. The van der Waals surface area contributed by atoms with Crippen LogP contribution >= 0.6 is 11.6 Å². The Kier molecular flexibility index (Phi) is 5.43. The Hall–Kier alpha value is -2.99. The van der Waals surface area contributed by atoms with Gasteiger partial charge in [-0.25, -0.2) is 8.78 Å². The summed E-state index contributed by atoms with van der Waals surface area (Å²) in [5, 5.41) is 5.56. The third-order valence-electron chi connectivity index (χ3n) is 3.62. The van der Waals surface area contributed by atoms with Crippen LogP contribution in [0.25, 0.3) is 0 Å². The highest BCUT2D eigenvalue weighted by Crippen LogP contribution is 2.20. The lowest BCUT2D eigenvalue weighted by molar-refractivity contribution is 0.102. The first-order valence-corrected chi connectivity index (χ1v) is 8.09. The monoisotopic (exact) mass is 373 g/mol. The van der Waals surface area contributed by atoms with Gasteiger partial charge >= 0.3 is 0 Å². The van der Waals surface area contributed by atoms with Gasteiger partial charge in [0.2, 0.25) is 0 Å². The molecule has 1 aromatic heterocycles. The normalized spacial score (nSPS) is 10.4. The first-order valence-electron chi connectivity index (χ1n) is 7.71. The number of aromatic nitrogens is 1. The summed E-state index contributed by atoms with van der Waals surface area (Å²) in [5.74, 6) is -1.30. The number of benzene rings is 2. The number of nitrogens with zero attached hydrogens (tertiary/aromatic N) is 1. The molecule has 7 heteroatoms. The summed E-state index contributed by atoms with van der Waals surface area (Å²) >= 11 is 5.70. The fraction of sp³-hybridized carbons (Fsp3) is 0.0526. The molecule has 2 N–H and O–H groups in total. The molecule has 3 rings (SSSR count). The van der Waals surface area contributed by atoms with Crippen molar-refractivity contribution in [2.75, 3.05) is 10.6 Å². The SMILES string of the molecule is O=C(Nc1ccc(F)c(Cl)c1)c1cncc(NCc2ccccc2F)c1. The molecule has 132 valence electrons. The third kappa shape index (κ3) is 4.34. The molecule has 0 aliphatic carbocycles. The average Bonchev–Trinajstić information content (AvgIpc) is 2.64. The minimum absolute atomic E-state index is 0.0822. The van der Waals surface area contributed by atoms with Crippen molar-refractivity contribution in [1.29, 1.82) is 0 Å². The quantitative estimate of drug-likeness (QED) is 0.670. The molecule has 4 nitrogen and oxygen atoms in total. The number of halogens is 3. The molecule has 0 radical (unpaired) electrons. The van der Waals surface area contributed by atoms with Gasteiger partial charge in [0.15, 0.2) is 0 Å². The number of carbonyl (C=O) groups is 1. The number of nitrogens with one attached hydrogen (secondary N) is 2. The zero-order valence-electron chi connectivity index (χ0n) is 13.5. The summed E-state index contributed by atoms with van der Waals surface area (Å²) in [5.41, 5.74) is 1.73. The summed E-state index contributed by atoms with van der Waals surface area (Å²) in [6, 6.07) is 11.9. The first kappa shape index (κ1) is 17.8. The van der Waals surface area contributed by atoms with Crippen LogP contribution in [0.1, 0.15) is 15.9 Å². The molecule has 0 aliphatic heterocycles. The second kappa shape index (κ2) is 7.93. The Morgan fingerprint density at radius 2 is 1.81 bits per heavy atom. The van der Waals surface area contributed by atoms with Crippen molar-refractivity contribution in [3.63, 3.8) is 0 Å². The minimum atomic E-state index is -0.564. The van der Waals surface area contributed by atoms with E-state index in [-0.39, 0.29) is 17.4 Å². The number of hydrogen-bond donors (Lipinski definition) is 2. The predicted octanol–water partition coefficient (Wildman–Crippen LogP) is 4.88. The van der Waals surface area contributed by atoms with Crippen LogP contribution in [0.4, 0.5) is 20.2 Å². The van der Waals surface area contributed by atoms with Crippen LogP contribution in [0.5, 0.6) is 0 Å². The molecule has 2 aromatic carbocycles. The number of carbonyl (C=O) groups excluding carboxylic acids is 1. The van der Waals surface area contributed by atoms with Crippen LogP contribution < -0.4 is 10.6 Å². The topological polar surface area (TPSA) is 54.0 Å². The Balaban J connectivity index is 1.69. The number of rotatable bonds is 5. The van der Waals surface area contributed by atoms with Crippen LogP contribution in [0.15, 0.2) is 60.9 Å². The van der Waals surface area contributed by atoms with E-state index < -0.39 is 11.7 Å². The summed E-state index contributed by atoms with van der Waals surface area (Å²) in [4.78, 5) is 16.3. The highest BCUT2D eigenvalue weighted by molar-refractivity contribution is 6.31. The molecule has 0 saturated heterocycles. The van der Waals surface area contributed by atoms with E-state index >= 15 is 0 Å². The third-order valence-corrected chi connectivity index (χ3v) is 3.91. The largest absolute Gasteiger partial charge is 0.380 e. The molecule has 1 amide bonds. The fourth-order valence-electron chi connectivity index (χ4n) is 2.28. The highest BCUT2D eigenvalue weighted by Gasteiger charge is 2.09. The van der Waals surface area contributed by atoms with E-state index in [9.17, 15) is 13.6 Å². The van der Waals surface area contributed by atoms with Gasteiger partial charge in [-0.3, -0.25) is 9.78 Å². The lowest BCUT2D eigenvalue weighted by atomic mass is 10.2. The van der Waals surface area contributed by atoms with Crippen molar-refractivity contribution >= 4 is 28.9 Å².